The van der Waals surface area contributed by atoms with Gasteiger partial charge >= 0.3 is 0 Å². The molecule has 1 aromatic heterocycles. The van der Waals surface area contributed by atoms with Gasteiger partial charge in [-0.25, -0.2) is 4.98 Å². The van der Waals surface area contributed by atoms with Crippen LogP contribution in [0.25, 0.3) is 0 Å². The van der Waals surface area contributed by atoms with Crippen LogP contribution in [0.1, 0.15) is 33.4 Å². The summed E-state index contributed by atoms with van der Waals surface area (Å²) >= 11 is 0. The van der Waals surface area contributed by atoms with E-state index in [4.69, 9.17) is 4.74 Å². The molecule has 5 nitrogen and oxygen atoms in total. The van der Waals surface area contributed by atoms with Crippen LogP contribution in [0.5, 0.6) is 5.88 Å². The molecule has 2 heterocycles. The topological polar surface area (TPSA) is 63.2 Å². The maximum atomic E-state index is 12.7. The fraction of sp³-hybridized carbons (Fsp3) is 0.333. The van der Waals surface area contributed by atoms with Crippen molar-refractivity contribution in [1.82, 2.24) is 15.6 Å². The molecule has 0 radical (unpaired) electrons. The lowest BCUT2D eigenvalue weighted by Crippen LogP contribution is -2.33. The highest BCUT2D eigenvalue weighted by molar-refractivity contribution is 5.94. The number of carbonyl (C=O) groups is 1. The Balaban J connectivity index is 1.61. The molecule has 2 N–H and O–H groups in total. The Kier molecular flexibility index (Phi) is 3.50. The van der Waals surface area contributed by atoms with Crippen molar-refractivity contribution in [3.63, 3.8) is 0 Å². The molecular weight excluding hydrogens is 290 g/mol. The molecule has 2 aromatic rings. The predicted molar refractivity (Wildman–Crippen MR) is 86.5 cm³/mol. The van der Waals surface area contributed by atoms with Gasteiger partial charge in [0.2, 0.25) is 5.88 Å². The summed E-state index contributed by atoms with van der Waals surface area (Å²) in [6.07, 6.45) is 1.59. The van der Waals surface area contributed by atoms with Crippen molar-refractivity contribution < 1.29 is 9.53 Å². The van der Waals surface area contributed by atoms with Crippen molar-refractivity contribution in [2.75, 3.05) is 20.2 Å². The molecule has 1 aliphatic heterocycles. The predicted octanol–water partition coefficient (Wildman–Crippen LogP) is 1.88. The summed E-state index contributed by atoms with van der Waals surface area (Å²) in [5.41, 5.74) is 3.18. The minimum Gasteiger partial charge on any atom is -0.481 e. The van der Waals surface area contributed by atoms with E-state index >= 15 is 0 Å². The highest BCUT2D eigenvalue weighted by Crippen LogP contribution is 2.46. The van der Waals surface area contributed by atoms with Crippen LogP contribution in [-0.4, -0.2) is 31.1 Å². The fourth-order valence-corrected chi connectivity index (χ4v) is 3.82. The third kappa shape index (κ3) is 2.37. The molecule has 118 valence electrons. The van der Waals surface area contributed by atoms with Crippen LogP contribution in [0.4, 0.5) is 0 Å². The van der Waals surface area contributed by atoms with Gasteiger partial charge in [-0.3, -0.25) is 4.79 Å². The lowest BCUT2D eigenvalue weighted by atomic mass is 9.94. The molecule has 2 aliphatic rings. The summed E-state index contributed by atoms with van der Waals surface area (Å²) in [6, 6.07) is 11.9. The molecule has 5 heteroatoms. The van der Waals surface area contributed by atoms with Gasteiger partial charge in [0.1, 0.15) is 0 Å². The molecule has 23 heavy (non-hydrogen) atoms. The fourth-order valence-electron chi connectivity index (χ4n) is 3.82. The van der Waals surface area contributed by atoms with E-state index in [1.807, 2.05) is 6.07 Å². The van der Waals surface area contributed by atoms with Gasteiger partial charge in [0, 0.05) is 42.8 Å². The Morgan fingerprint density at radius 2 is 2.09 bits per heavy atom. The van der Waals surface area contributed by atoms with E-state index in [1.165, 1.54) is 11.1 Å². The van der Waals surface area contributed by atoms with Crippen LogP contribution in [0.3, 0.4) is 0 Å². The highest BCUT2D eigenvalue weighted by Gasteiger charge is 2.43. The maximum absolute atomic E-state index is 12.7. The van der Waals surface area contributed by atoms with Crippen LogP contribution in [0.15, 0.2) is 42.6 Å². The first-order chi connectivity index (χ1) is 11.3. The van der Waals surface area contributed by atoms with E-state index in [0.29, 0.717) is 23.3 Å². The average molecular weight is 309 g/mol. The number of nitrogens with one attached hydrogen (secondary N) is 2. The van der Waals surface area contributed by atoms with Crippen molar-refractivity contribution in [2.45, 2.75) is 12.0 Å². The molecule has 1 aliphatic carbocycles. The van der Waals surface area contributed by atoms with E-state index in [1.54, 1.807) is 25.4 Å². The van der Waals surface area contributed by atoms with Gasteiger partial charge in [0.05, 0.1) is 13.2 Å². The number of fused-ring (bicyclic) bond motifs is 3. The highest BCUT2D eigenvalue weighted by atomic mass is 16.5. The molecule has 1 saturated heterocycles. The molecule has 3 atom stereocenters. The third-order valence-corrected chi connectivity index (χ3v) is 4.91. The normalized spacial score (nSPS) is 24.8. The standard InChI is InChI=1S/C18H19N3O2/c1-23-16-8-11(6-7-20-16)18(22)21-17-13-5-3-2-4-12(13)14-9-19-10-15(14)17/h2-8,14-15,17,19H,9-10H2,1H3,(H,21,22)/t14-,15-,17-/m0/s1. The first kappa shape index (κ1) is 14.2. The van der Waals surface area contributed by atoms with Gasteiger partial charge in [-0.2, -0.15) is 0 Å². The lowest BCUT2D eigenvalue weighted by Gasteiger charge is -2.20. The zero-order chi connectivity index (χ0) is 15.8. The Morgan fingerprint density at radius 3 is 2.91 bits per heavy atom. The lowest BCUT2D eigenvalue weighted by molar-refractivity contribution is 0.0925. The molecule has 0 saturated carbocycles. The van der Waals surface area contributed by atoms with Crippen molar-refractivity contribution >= 4 is 5.91 Å². The second kappa shape index (κ2) is 5.66. The van der Waals surface area contributed by atoms with Gasteiger partial charge < -0.3 is 15.4 Å². The summed E-state index contributed by atoms with van der Waals surface area (Å²) in [6.45, 7) is 1.92. The second-order valence-electron chi connectivity index (χ2n) is 6.10. The number of benzene rings is 1. The monoisotopic (exact) mass is 309 g/mol. The van der Waals surface area contributed by atoms with Crippen molar-refractivity contribution in [1.29, 1.82) is 0 Å². The zero-order valence-corrected chi connectivity index (χ0v) is 13.0. The first-order valence-electron chi connectivity index (χ1n) is 7.88. The van der Waals surface area contributed by atoms with Gasteiger partial charge in [-0.05, 0) is 17.2 Å². The Bertz CT molecular complexity index is 747. The van der Waals surface area contributed by atoms with Gasteiger partial charge in [0.25, 0.3) is 5.91 Å². The van der Waals surface area contributed by atoms with Crippen LogP contribution >= 0.6 is 0 Å². The third-order valence-electron chi connectivity index (χ3n) is 4.91. The minimum absolute atomic E-state index is 0.0536. The first-order valence-corrected chi connectivity index (χ1v) is 7.88. The zero-order valence-electron chi connectivity index (χ0n) is 13.0. The smallest absolute Gasteiger partial charge is 0.252 e. The number of pyridine rings is 1. The minimum atomic E-state index is -0.0851. The van der Waals surface area contributed by atoms with Crippen LogP contribution < -0.4 is 15.4 Å². The number of carbonyl (C=O) groups excluding carboxylic acids is 1. The Morgan fingerprint density at radius 1 is 1.26 bits per heavy atom. The van der Waals surface area contributed by atoms with Crippen LogP contribution in [-0.2, 0) is 0 Å². The average Bonchev–Trinajstić information content (AvgIpc) is 3.18. The number of nitrogens with zero attached hydrogens (tertiary/aromatic N) is 1. The second-order valence-corrected chi connectivity index (χ2v) is 6.10. The van der Waals surface area contributed by atoms with E-state index in [2.05, 4.69) is 33.8 Å². The number of rotatable bonds is 3. The summed E-state index contributed by atoms with van der Waals surface area (Å²) in [7, 11) is 1.55. The summed E-state index contributed by atoms with van der Waals surface area (Å²) < 4.78 is 5.10. The van der Waals surface area contributed by atoms with Crippen molar-refractivity contribution in [3.05, 3.63) is 59.3 Å². The number of amides is 1. The van der Waals surface area contributed by atoms with E-state index in [-0.39, 0.29) is 11.9 Å². The number of hydrogen-bond donors (Lipinski definition) is 2. The van der Waals surface area contributed by atoms with Gasteiger partial charge in [-0.1, -0.05) is 24.3 Å². The number of methoxy groups -OCH3 is 1. The summed E-state index contributed by atoms with van der Waals surface area (Å²) in [5, 5.41) is 6.66. The summed E-state index contributed by atoms with van der Waals surface area (Å²) in [5.74, 6) is 1.27. The van der Waals surface area contributed by atoms with E-state index in [9.17, 15) is 4.79 Å². The van der Waals surface area contributed by atoms with Crippen molar-refractivity contribution in [2.24, 2.45) is 5.92 Å². The number of ether oxygens (including phenoxy) is 1. The maximum Gasteiger partial charge on any atom is 0.252 e. The van der Waals surface area contributed by atoms with E-state index in [0.717, 1.165) is 13.1 Å². The molecule has 1 amide bonds. The van der Waals surface area contributed by atoms with E-state index < -0.39 is 0 Å². The molecular formula is C18H19N3O2. The van der Waals surface area contributed by atoms with Gasteiger partial charge in [-0.15, -0.1) is 0 Å². The molecule has 1 fully saturated rings. The molecule has 0 bridgehead atoms. The van der Waals surface area contributed by atoms with Crippen LogP contribution in [0.2, 0.25) is 0 Å². The quantitative estimate of drug-likeness (QED) is 0.909. The largest absolute Gasteiger partial charge is 0.481 e. The molecule has 0 spiro atoms. The number of hydrogen-bond acceptors (Lipinski definition) is 4. The number of aromatic nitrogens is 1. The molecule has 4 rings (SSSR count). The Hall–Kier alpha value is -2.40. The van der Waals surface area contributed by atoms with Crippen LogP contribution in [0, 0.1) is 5.92 Å². The molecule has 0 unspecified atom stereocenters. The Labute approximate surface area is 135 Å². The molecule has 1 aromatic carbocycles. The van der Waals surface area contributed by atoms with Gasteiger partial charge in [0.15, 0.2) is 0 Å². The summed E-state index contributed by atoms with van der Waals surface area (Å²) in [4.78, 5) is 16.7. The SMILES string of the molecule is COc1cc(C(=O)N[C@H]2c3ccccc3[C@@H]3CNC[C@@H]32)ccn1. The van der Waals surface area contributed by atoms with Crippen molar-refractivity contribution in [3.8, 4) is 5.88 Å².